The van der Waals surface area contributed by atoms with Crippen LogP contribution in [0.3, 0.4) is 0 Å². The Bertz CT molecular complexity index is 1430. The lowest BCUT2D eigenvalue weighted by atomic mass is 9.82. The number of hydrogen-bond donors (Lipinski definition) is 0. The molecule has 1 aliphatic carbocycles. The Morgan fingerprint density at radius 1 is 0.444 bits per heavy atom. The molecule has 0 unspecified atom stereocenters. The zero-order valence-corrected chi connectivity index (χ0v) is 20.7. The lowest BCUT2D eigenvalue weighted by Gasteiger charge is -2.27. The van der Waals surface area contributed by atoms with Gasteiger partial charge in [-0.2, -0.15) is 0 Å². The van der Waals surface area contributed by atoms with E-state index in [1.165, 1.54) is 38.9 Å². The van der Waals surface area contributed by atoms with E-state index in [9.17, 15) is 0 Å². The Morgan fingerprint density at radius 2 is 0.833 bits per heavy atom. The van der Waals surface area contributed by atoms with Crippen LogP contribution in [0.5, 0.6) is 0 Å². The number of aryl methyl sites for hydroxylation is 2. The Morgan fingerprint density at radius 3 is 1.28 bits per heavy atom. The second-order valence-corrected chi connectivity index (χ2v) is 9.62. The summed E-state index contributed by atoms with van der Waals surface area (Å²) in [4.78, 5) is 2.33. The molecule has 0 radical (unpaired) electrons. The molecule has 1 heteroatoms. The van der Waals surface area contributed by atoms with Crippen molar-refractivity contribution in [2.75, 3.05) is 4.90 Å². The Hall–Kier alpha value is -4.36. The fraction of sp³-hybridized carbons (Fsp3) is 0.0857. The van der Waals surface area contributed by atoms with E-state index in [0.29, 0.717) is 0 Å². The summed E-state index contributed by atoms with van der Waals surface area (Å²) in [6.45, 7) is 4.26. The summed E-state index contributed by atoms with van der Waals surface area (Å²) in [5, 5.41) is 0. The fourth-order valence-corrected chi connectivity index (χ4v) is 5.21. The van der Waals surface area contributed by atoms with Gasteiger partial charge in [0.05, 0.1) is 0 Å². The first-order valence-electron chi connectivity index (χ1n) is 12.6. The summed E-state index contributed by atoms with van der Waals surface area (Å²) in [6, 6.07) is 44.2. The molecular weight excluding hydrogens is 434 g/mol. The molecule has 0 amide bonds. The number of nitrogens with zero attached hydrogens (tertiary/aromatic N) is 1. The van der Waals surface area contributed by atoms with E-state index in [4.69, 9.17) is 0 Å². The second kappa shape index (κ2) is 9.36. The predicted molar refractivity (Wildman–Crippen MR) is 153 cm³/mol. The van der Waals surface area contributed by atoms with Gasteiger partial charge in [0, 0.05) is 23.0 Å². The van der Waals surface area contributed by atoms with Gasteiger partial charge in [0.1, 0.15) is 0 Å². The van der Waals surface area contributed by atoms with Crippen molar-refractivity contribution in [2.45, 2.75) is 19.8 Å². The van der Waals surface area contributed by atoms with Crippen molar-refractivity contribution < 1.29 is 0 Å². The van der Waals surface area contributed by atoms with Crippen molar-refractivity contribution in [3.63, 3.8) is 0 Å². The number of fused-ring (bicyclic) bond motifs is 2. The van der Waals surface area contributed by atoms with Gasteiger partial charge in [-0.25, -0.2) is 0 Å². The summed E-state index contributed by atoms with van der Waals surface area (Å²) in [7, 11) is 0. The van der Waals surface area contributed by atoms with E-state index in [1.54, 1.807) is 0 Å². The monoisotopic (exact) mass is 463 g/mol. The van der Waals surface area contributed by atoms with Crippen LogP contribution in [0, 0.1) is 13.8 Å². The molecule has 0 atom stereocenters. The van der Waals surface area contributed by atoms with E-state index in [0.717, 1.165) is 17.1 Å². The number of rotatable bonds is 4. The molecular formula is C35H29N. The van der Waals surface area contributed by atoms with Crippen LogP contribution in [0.25, 0.3) is 12.2 Å². The zero-order chi connectivity index (χ0) is 24.5. The largest absolute Gasteiger partial charge is 0.311 e. The molecule has 0 spiro atoms. The van der Waals surface area contributed by atoms with Gasteiger partial charge in [0.25, 0.3) is 0 Å². The maximum Gasteiger partial charge on any atom is 0.0461 e. The van der Waals surface area contributed by atoms with Gasteiger partial charge >= 0.3 is 0 Å². The predicted octanol–water partition coefficient (Wildman–Crippen LogP) is 9.44. The maximum absolute atomic E-state index is 2.33. The molecule has 174 valence electrons. The SMILES string of the molecule is Cc1ccc(N(c2ccc(C)cc2)c2ccc(C3c4ccccc4C=Cc4ccccc43)cc2)cc1. The number of benzene rings is 5. The lowest BCUT2D eigenvalue weighted by molar-refractivity contribution is 0.973. The molecule has 0 heterocycles. The first-order chi connectivity index (χ1) is 17.7. The van der Waals surface area contributed by atoms with E-state index in [2.05, 4.69) is 152 Å². The molecule has 0 bridgehead atoms. The van der Waals surface area contributed by atoms with Crippen molar-refractivity contribution in [2.24, 2.45) is 0 Å². The van der Waals surface area contributed by atoms with Gasteiger partial charge < -0.3 is 4.90 Å². The smallest absolute Gasteiger partial charge is 0.0461 e. The van der Waals surface area contributed by atoms with E-state index >= 15 is 0 Å². The lowest BCUT2D eigenvalue weighted by Crippen LogP contribution is -2.11. The molecule has 0 N–H and O–H groups in total. The van der Waals surface area contributed by atoms with Crippen LogP contribution in [0.1, 0.15) is 44.9 Å². The van der Waals surface area contributed by atoms with Crippen LogP contribution in [0.15, 0.2) is 121 Å². The zero-order valence-electron chi connectivity index (χ0n) is 20.7. The van der Waals surface area contributed by atoms with Crippen LogP contribution in [0.4, 0.5) is 17.1 Å². The van der Waals surface area contributed by atoms with E-state index in [1.807, 2.05) is 0 Å². The highest BCUT2D eigenvalue weighted by Crippen LogP contribution is 2.41. The molecule has 0 aliphatic heterocycles. The topological polar surface area (TPSA) is 3.24 Å². The van der Waals surface area contributed by atoms with Crippen molar-refractivity contribution in [3.8, 4) is 0 Å². The molecule has 5 aromatic rings. The van der Waals surface area contributed by atoms with Crippen LogP contribution in [-0.2, 0) is 0 Å². The third-order valence-corrected chi connectivity index (χ3v) is 7.13. The highest BCUT2D eigenvalue weighted by molar-refractivity contribution is 5.79. The maximum atomic E-state index is 2.33. The third-order valence-electron chi connectivity index (χ3n) is 7.13. The quantitative estimate of drug-likeness (QED) is 0.252. The average molecular weight is 464 g/mol. The second-order valence-electron chi connectivity index (χ2n) is 9.62. The van der Waals surface area contributed by atoms with Crippen LogP contribution < -0.4 is 4.90 Å². The minimum Gasteiger partial charge on any atom is -0.311 e. The molecule has 5 aromatic carbocycles. The third kappa shape index (κ3) is 4.14. The van der Waals surface area contributed by atoms with Crippen LogP contribution in [-0.4, -0.2) is 0 Å². The summed E-state index contributed by atoms with van der Waals surface area (Å²) >= 11 is 0. The summed E-state index contributed by atoms with van der Waals surface area (Å²) in [5.41, 5.74) is 12.6. The first kappa shape index (κ1) is 22.1. The molecule has 0 aromatic heterocycles. The number of hydrogen-bond acceptors (Lipinski definition) is 1. The number of anilines is 3. The van der Waals surface area contributed by atoms with Gasteiger partial charge in [-0.05, 0) is 78.1 Å². The van der Waals surface area contributed by atoms with Gasteiger partial charge in [-0.15, -0.1) is 0 Å². The molecule has 1 nitrogen and oxygen atoms in total. The van der Waals surface area contributed by atoms with Gasteiger partial charge in [0.15, 0.2) is 0 Å². The molecule has 0 saturated heterocycles. The van der Waals surface area contributed by atoms with Crippen LogP contribution in [0.2, 0.25) is 0 Å². The molecule has 1 aliphatic rings. The van der Waals surface area contributed by atoms with E-state index < -0.39 is 0 Å². The molecule has 0 fully saturated rings. The normalized spacial score (nSPS) is 12.5. The van der Waals surface area contributed by atoms with Gasteiger partial charge in [0.2, 0.25) is 0 Å². The van der Waals surface area contributed by atoms with Crippen molar-refractivity contribution in [1.82, 2.24) is 0 Å². The first-order valence-corrected chi connectivity index (χ1v) is 12.6. The molecule has 0 saturated carbocycles. The van der Waals surface area contributed by atoms with Gasteiger partial charge in [-0.1, -0.05) is 108 Å². The van der Waals surface area contributed by atoms with Gasteiger partial charge in [-0.3, -0.25) is 0 Å². The summed E-state index contributed by atoms with van der Waals surface area (Å²) < 4.78 is 0. The summed E-state index contributed by atoms with van der Waals surface area (Å²) in [6.07, 6.45) is 4.50. The molecule has 6 rings (SSSR count). The Kier molecular flexibility index (Phi) is 5.75. The Balaban J connectivity index is 1.45. The van der Waals surface area contributed by atoms with E-state index in [-0.39, 0.29) is 5.92 Å². The minimum atomic E-state index is 0.189. The fourth-order valence-electron chi connectivity index (χ4n) is 5.21. The van der Waals surface area contributed by atoms with Crippen LogP contribution >= 0.6 is 0 Å². The summed E-state index contributed by atoms with van der Waals surface area (Å²) in [5.74, 6) is 0.189. The average Bonchev–Trinajstić information content (AvgIpc) is 3.08. The van der Waals surface area contributed by atoms with Crippen molar-refractivity contribution in [1.29, 1.82) is 0 Å². The highest BCUT2D eigenvalue weighted by atomic mass is 15.1. The highest BCUT2D eigenvalue weighted by Gasteiger charge is 2.23. The van der Waals surface area contributed by atoms with Crippen molar-refractivity contribution >= 4 is 29.2 Å². The minimum absolute atomic E-state index is 0.189. The molecule has 36 heavy (non-hydrogen) atoms. The van der Waals surface area contributed by atoms with Crippen molar-refractivity contribution in [3.05, 3.63) is 160 Å². The standard InChI is InChI=1S/C35H29N/c1-25-11-19-30(20-12-25)36(31-21-13-26(2)14-22-31)32-23-17-29(18-24-32)35-33-9-5-3-7-27(33)15-16-28-8-4-6-10-34(28)35/h3-24,35H,1-2H3. The Labute approximate surface area is 214 Å².